The van der Waals surface area contributed by atoms with Gasteiger partial charge in [0, 0.05) is 66.7 Å². The van der Waals surface area contributed by atoms with Crippen LogP contribution in [0, 0.1) is 0 Å². The highest BCUT2D eigenvalue weighted by Gasteiger charge is 2.48. The van der Waals surface area contributed by atoms with Gasteiger partial charge in [0.1, 0.15) is 6.54 Å². The number of carbonyl (C=O) groups is 3. The summed E-state index contributed by atoms with van der Waals surface area (Å²) in [5.74, 6) is -2.84. The molecule has 3 aliphatic heterocycles. The average molecular weight is 1140 g/mol. The molecule has 23 heteroatoms. The van der Waals surface area contributed by atoms with E-state index < -0.39 is 80.6 Å². The molecule has 0 radical (unpaired) electrons. The van der Waals surface area contributed by atoms with Gasteiger partial charge in [0.25, 0.3) is 52.3 Å². The monoisotopic (exact) mass is 1140 g/mol. The van der Waals surface area contributed by atoms with Crippen LogP contribution in [-0.4, -0.2) is 110 Å². The first kappa shape index (κ1) is 60.3. The minimum atomic E-state index is -4.64. The van der Waals surface area contributed by atoms with Crippen LogP contribution >= 0.6 is 0 Å². The van der Waals surface area contributed by atoms with Crippen molar-refractivity contribution in [3.05, 3.63) is 144 Å². The Morgan fingerprint density at radius 1 is 0.662 bits per heavy atom. The number of hydrogen-bond acceptors (Lipinski definition) is 13. The lowest BCUT2D eigenvalue weighted by molar-refractivity contribution is -0.438. The molecular weight excluding hydrogens is 1070 g/mol. The van der Waals surface area contributed by atoms with Gasteiger partial charge in [0.05, 0.1) is 26.7 Å². The molecule has 416 valence electrons. The van der Waals surface area contributed by atoms with Gasteiger partial charge in [-0.05, 0) is 106 Å². The molecule has 2 unspecified atom stereocenters. The summed E-state index contributed by atoms with van der Waals surface area (Å²) in [6, 6.07) is 8.70. The second kappa shape index (κ2) is 25.7. The zero-order valence-corrected chi connectivity index (χ0v) is 46.2. The van der Waals surface area contributed by atoms with Crippen LogP contribution < -0.4 is 4.90 Å². The number of imide groups is 1. The average Bonchev–Trinajstić information content (AvgIpc) is 4.03. The Labute approximate surface area is 451 Å². The van der Waals surface area contributed by atoms with Crippen LogP contribution in [-0.2, 0) is 70.5 Å². The Morgan fingerprint density at radius 3 is 1.90 bits per heavy atom. The standard InChI is InChI=1S/C54H65N3O16S4/c1-53(33-15-18-37-74(61,62)63)44-39-42(76(67,68)69)27-29-46(44)55(35-17-9-14-26-52(60)73-57-50(58)31-32-51(57)59)48(53)24-12-7-4-8-13-25-49-54(2,34-16-19-38-75(64,65)66)45-40-43(77(70,71)72)28-30-47(45)56(49)36-20-23-41-21-10-5-3-6-11-22-41/h3-8,10-13,21-22,24-25,27-30,39-40H,9,14-20,23,26,31-38H2,1-2H3,(H3-,61,62,63,64,65,66,67,68,69,70,71,72)/p+1/b5-3-,6-3?,10-5?,11-6-,21-10-,22-11?,41-21?,41-22+. The number of hydrogen-bond donors (Lipinski definition) is 4. The maximum absolute atomic E-state index is 12.5. The van der Waals surface area contributed by atoms with Gasteiger partial charge >= 0.3 is 5.97 Å². The van der Waals surface area contributed by atoms with E-state index >= 15 is 0 Å². The van der Waals surface area contributed by atoms with Gasteiger partial charge in [-0.3, -0.25) is 27.8 Å². The number of anilines is 1. The fourth-order valence-corrected chi connectivity index (χ4v) is 12.3. The van der Waals surface area contributed by atoms with E-state index in [1.807, 2.05) is 79.5 Å². The van der Waals surface area contributed by atoms with E-state index in [1.54, 1.807) is 36.4 Å². The van der Waals surface area contributed by atoms with Crippen molar-refractivity contribution >= 4 is 75.3 Å². The minimum Gasteiger partial charge on any atom is -0.344 e. The second-order valence-corrected chi connectivity index (χ2v) is 25.6. The number of unbranched alkanes of at least 4 members (excludes halogenated alkanes) is 4. The highest BCUT2D eigenvalue weighted by molar-refractivity contribution is 7.86. The molecule has 1 saturated heterocycles. The van der Waals surface area contributed by atoms with E-state index in [9.17, 15) is 66.3 Å². The maximum atomic E-state index is 12.5. The van der Waals surface area contributed by atoms with Crippen molar-refractivity contribution in [3.8, 4) is 0 Å². The molecule has 0 bridgehead atoms. The quantitative estimate of drug-likeness (QED) is 0.0214. The van der Waals surface area contributed by atoms with Crippen molar-refractivity contribution in [1.82, 2.24) is 5.06 Å². The van der Waals surface area contributed by atoms with Crippen molar-refractivity contribution in [3.63, 3.8) is 0 Å². The van der Waals surface area contributed by atoms with Crippen LogP contribution in [0.15, 0.2) is 143 Å². The van der Waals surface area contributed by atoms with E-state index in [2.05, 4.69) is 4.58 Å². The zero-order valence-electron chi connectivity index (χ0n) is 42.9. The third-order valence-electron chi connectivity index (χ3n) is 14.0. The Hall–Kier alpha value is -5.92. The lowest BCUT2D eigenvalue weighted by Gasteiger charge is -2.30. The summed E-state index contributed by atoms with van der Waals surface area (Å²) < 4.78 is 138. The first-order valence-corrected chi connectivity index (χ1v) is 31.4. The normalized spacial score (nSPS) is 22.5. The highest BCUT2D eigenvalue weighted by Crippen LogP contribution is 2.52. The molecule has 3 heterocycles. The van der Waals surface area contributed by atoms with Gasteiger partial charge in [-0.1, -0.05) is 92.2 Å². The largest absolute Gasteiger partial charge is 0.344 e. The molecule has 2 amide bonds. The molecule has 2 aromatic rings. The minimum absolute atomic E-state index is 0.0323. The summed E-state index contributed by atoms with van der Waals surface area (Å²) in [5, 5.41) is 0.498. The first-order valence-electron chi connectivity index (χ1n) is 25.3. The fourth-order valence-electron chi connectivity index (χ4n) is 10.1. The number of nitrogens with zero attached hydrogens (tertiary/aromatic N) is 3. The van der Waals surface area contributed by atoms with E-state index in [0.29, 0.717) is 98.5 Å². The predicted molar refractivity (Wildman–Crippen MR) is 291 cm³/mol. The molecule has 2 aromatic carbocycles. The van der Waals surface area contributed by atoms with Gasteiger partial charge in [0.2, 0.25) is 5.69 Å². The van der Waals surface area contributed by atoms with Gasteiger partial charge in [-0.2, -0.15) is 38.2 Å². The molecule has 0 aromatic heterocycles. The summed E-state index contributed by atoms with van der Waals surface area (Å²) in [6.45, 7) is 4.69. The maximum Gasteiger partial charge on any atom is 0.333 e. The molecule has 77 heavy (non-hydrogen) atoms. The molecule has 6 rings (SSSR count). The van der Waals surface area contributed by atoms with E-state index in [-0.39, 0.29) is 41.9 Å². The number of carbonyl (C=O) groups excluding carboxylic acids is 3. The summed E-state index contributed by atoms with van der Waals surface area (Å²) in [7, 11) is -17.8. The third kappa shape index (κ3) is 16.3. The van der Waals surface area contributed by atoms with Crippen molar-refractivity contribution in [2.75, 3.05) is 29.5 Å². The fraction of sp³-hybridized carbons (Fsp3) is 0.407. The summed E-state index contributed by atoms with van der Waals surface area (Å²) in [5.41, 5.74) is 3.29. The zero-order chi connectivity index (χ0) is 56.2. The van der Waals surface area contributed by atoms with Crippen LogP contribution in [0.3, 0.4) is 0 Å². The van der Waals surface area contributed by atoms with Crippen LogP contribution in [0.5, 0.6) is 0 Å². The third-order valence-corrected chi connectivity index (χ3v) is 17.3. The lowest BCUT2D eigenvalue weighted by atomic mass is 9.75. The van der Waals surface area contributed by atoms with Gasteiger partial charge < -0.3 is 9.74 Å². The SMILES string of the molecule is CC1(CCCCS(=O)(=O)O)C(/C=C/C=C/C=C/C=C2/N(CCCCCC(=O)ON3C(=O)CCC3=O)c3ccc(S(=O)(=O)O)cc3C2(C)CCCCS(=O)(=O)O)=[N+](CCCC2=C/C=C\C=C/C=C\2)c2ccc(S(=O)(=O)O)cc21. The van der Waals surface area contributed by atoms with Crippen LogP contribution in [0.2, 0.25) is 0 Å². The number of benzene rings is 2. The molecule has 2 atom stereocenters. The number of hydroxylamine groups is 2. The van der Waals surface area contributed by atoms with Crippen LogP contribution in [0.4, 0.5) is 11.4 Å². The molecule has 0 spiro atoms. The molecule has 4 aliphatic rings. The van der Waals surface area contributed by atoms with Gasteiger partial charge in [-0.15, -0.1) is 5.06 Å². The van der Waals surface area contributed by atoms with E-state index in [4.69, 9.17) is 4.84 Å². The highest BCUT2D eigenvalue weighted by atomic mass is 32.2. The smallest absolute Gasteiger partial charge is 0.333 e. The van der Waals surface area contributed by atoms with Crippen LogP contribution in [0.25, 0.3) is 0 Å². The molecular formula is C54H66N3O16S4+. The molecule has 1 fully saturated rings. The lowest BCUT2D eigenvalue weighted by Crippen LogP contribution is -2.32. The Balaban J connectivity index is 1.30. The molecule has 1 aliphatic carbocycles. The van der Waals surface area contributed by atoms with E-state index in [1.165, 1.54) is 24.3 Å². The number of allylic oxidation sites excluding steroid dienone is 16. The van der Waals surface area contributed by atoms with Crippen molar-refractivity contribution in [2.24, 2.45) is 0 Å². The summed E-state index contributed by atoms with van der Waals surface area (Å²) in [6.07, 6.45) is 30.6. The Bertz CT molecular complexity index is 3330. The number of amides is 2. The topological polar surface area (TPSA) is 287 Å². The Kier molecular flexibility index (Phi) is 20.1. The number of rotatable bonds is 27. The second-order valence-electron chi connectivity index (χ2n) is 19.7. The van der Waals surface area contributed by atoms with E-state index in [0.717, 1.165) is 17.0 Å². The first-order chi connectivity index (χ1) is 36.2. The van der Waals surface area contributed by atoms with Crippen molar-refractivity contribution < 1.29 is 75.7 Å². The predicted octanol–water partition coefficient (Wildman–Crippen LogP) is 8.54. The molecule has 4 N–H and O–H groups in total. The van der Waals surface area contributed by atoms with Crippen LogP contribution in [0.1, 0.15) is 115 Å². The van der Waals surface area contributed by atoms with Gasteiger partial charge in [0.15, 0.2) is 5.71 Å². The summed E-state index contributed by atoms with van der Waals surface area (Å²) >= 11 is 0. The van der Waals surface area contributed by atoms with Crippen molar-refractivity contribution in [1.29, 1.82) is 0 Å². The molecule has 19 nitrogen and oxygen atoms in total. The van der Waals surface area contributed by atoms with Gasteiger partial charge in [-0.25, -0.2) is 4.79 Å². The molecule has 0 saturated carbocycles. The summed E-state index contributed by atoms with van der Waals surface area (Å²) in [4.78, 5) is 42.7. The number of fused-ring (bicyclic) bond motifs is 2. The van der Waals surface area contributed by atoms with Crippen molar-refractivity contribution in [2.45, 2.75) is 124 Å². The Morgan fingerprint density at radius 2 is 1.25 bits per heavy atom.